The number of aromatic nitrogens is 1. The summed E-state index contributed by atoms with van der Waals surface area (Å²) in [5.74, 6) is 6.98. The Balaban J connectivity index is 2.04. The number of aryl methyl sites for hydroxylation is 1. The fraction of sp³-hybridized carbons (Fsp3) is 0.278. The van der Waals surface area contributed by atoms with Crippen molar-refractivity contribution in [3.63, 3.8) is 0 Å². The first kappa shape index (κ1) is 14.1. The minimum Gasteiger partial charge on any atom is -0.492 e. The smallest absolute Gasteiger partial charge is 0.137 e. The van der Waals surface area contributed by atoms with Crippen molar-refractivity contribution in [1.29, 1.82) is 0 Å². The number of nitrogens with zero attached hydrogens (tertiary/aromatic N) is 1. The summed E-state index contributed by atoms with van der Waals surface area (Å²) in [6, 6.07) is 12.1. The molecule has 0 aliphatic heterocycles. The Morgan fingerprint density at radius 1 is 1.00 bits per heavy atom. The minimum atomic E-state index is 0.719. The summed E-state index contributed by atoms with van der Waals surface area (Å²) in [5.41, 5.74) is 3.09. The highest BCUT2D eigenvalue weighted by Gasteiger charge is 1.94. The van der Waals surface area contributed by atoms with Gasteiger partial charge in [-0.25, -0.2) is 4.98 Å². The van der Waals surface area contributed by atoms with E-state index >= 15 is 0 Å². The molecule has 2 aromatic rings. The molecule has 2 rings (SSSR count). The van der Waals surface area contributed by atoms with Gasteiger partial charge in [-0.1, -0.05) is 31.9 Å². The van der Waals surface area contributed by atoms with Crippen LogP contribution in [0.4, 0.5) is 0 Å². The maximum absolute atomic E-state index is 5.49. The summed E-state index contributed by atoms with van der Waals surface area (Å²) >= 11 is 0. The lowest BCUT2D eigenvalue weighted by Gasteiger charge is -2.02. The summed E-state index contributed by atoms with van der Waals surface area (Å²) in [5, 5.41) is 0. The Hall–Kier alpha value is -2.27. The zero-order chi connectivity index (χ0) is 14.2. The standard InChI is InChI=1S/C18H19NO/c1-3-13-20-18-12-11-17(19-14-18)10-9-16-7-5-15(4-2)6-8-16/h5-8,11-12,14H,3-4,13H2,1-2H3. The van der Waals surface area contributed by atoms with E-state index in [1.807, 2.05) is 24.3 Å². The normalized spacial score (nSPS) is 9.70. The van der Waals surface area contributed by atoms with Crippen LogP contribution in [0.1, 0.15) is 37.1 Å². The van der Waals surface area contributed by atoms with Gasteiger partial charge in [0, 0.05) is 5.56 Å². The highest BCUT2D eigenvalue weighted by molar-refractivity contribution is 5.41. The lowest BCUT2D eigenvalue weighted by molar-refractivity contribution is 0.316. The van der Waals surface area contributed by atoms with Crippen LogP contribution >= 0.6 is 0 Å². The van der Waals surface area contributed by atoms with Crippen molar-refractivity contribution in [3.8, 4) is 17.6 Å². The van der Waals surface area contributed by atoms with Crippen LogP contribution in [0, 0.1) is 11.8 Å². The second-order valence-electron chi connectivity index (χ2n) is 4.53. The second-order valence-corrected chi connectivity index (χ2v) is 4.53. The van der Waals surface area contributed by atoms with Crippen LogP contribution in [-0.4, -0.2) is 11.6 Å². The SMILES string of the molecule is CCCOc1ccc(C#Cc2ccc(CC)cc2)nc1. The fourth-order valence-corrected chi connectivity index (χ4v) is 1.72. The summed E-state index contributed by atoms with van der Waals surface area (Å²) in [7, 11) is 0. The molecule has 1 heterocycles. The molecule has 2 nitrogen and oxygen atoms in total. The van der Waals surface area contributed by atoms with E-state index in [9.17, 15) is 0 Å². The van der Waals surface area contributed by atoms with Crippen LogP contribution in [-0.2, 0) is 6.42 Å². The Kier molecular flexibility index (Phi) is 5.20. The van der Waals surface area contributed by atoms with Gasteiger partial charge in [-0.3, -0.25) is 0 Å². The van der Waals surface area contributed by atoms with Gasteiger partial charge in [0.25, 0.3) is 0 Å². The largest absolute Gasteiger partial charge is 0.492 e. The molecule has 0 saturated heterocycles. The van der Waals surface area contributed by atoms with Gasteiger partial charge in [-0.15, -0.1) is 0 Å². The van der Waals surface area contributed by atoms with E-state index in [-0.39, 0.29) is 0 Å². The van der Waals surface area contributed by atoms with Crippen LogP contribution < -0.4 is 4.74 Å². The topological polar surface area (TPSA) is 22.1 Å². The number of hydrogen-bond donors (Lipinski definition) is 0. The first-order chi connectivity index (χ1) is 9.81. The molecular weight excluding hydrogens is 246 g/mol. The van der Waals surface area contributed by atoms with E-state index < -0.39 is 0 Å². The minimum absolute atomic E-state index is 0.719. The molecule has 0 atom stereocenters. The third-order valence-corrected chi connectivity index (χ3v) is 2.91. The number of benzene rings is 1. The molecule has 2 heteroatoms. The summed E-state index contributed by atoms with van der Waals surface area (Å²) < 4.78 is 5.49. The first-order valence-corrected chi connectivity index (χ1v) is 7.01. The lowest BCUT2D eigenvalue weighted by atomic mass is 10.1. The molecule has 0 bridgehead atoms. The van der Waals surface area contributed by atoms with Crippen LogP contribution in [0.15, 0.2) is 42.6 Å². The Morgan fingerprint density at radius 2 is 1.80 bits per heavy atom. The molecule has 0 aliphatic rings. The van der Waals surface area contributed by atoms with Crippen molar-refractivity contribution in [1.82, 2.24) is 4.98 Å². The van der Waals surface area contributed by atoms with E-state index in [1.165, 1.54) is 5.56 Å². The molecule has 102 valence electrons. The lowest BCUT2D eigenvalue weighted by Crippen LogP contribution is -1.95. The van der Waals surface area contributed by atoms with E-state index in [1.54, 1.807) is 6.20 Å². The summed E-state index contributed by atoms with van der Waals surface area (Å²) in [6.07, 6.45) is 3.77. The molecule has 0 radical (unpaired) electrons. The van der Waals surface area contributed by atoms with E-state index in [2.05, 4.69) is 42.8 Å². The van der Waals surface area contributed by atoms with Crippen molar-refractivity contribution < 1.29 is 4.74 Å². The van der Waals surface area contributed by atoms with Gasteiger partial charge < -0.3 is 4.74 Å². The highest BCUT2D eigenvalue weighted by atomic mass is 16.5. The molecule has 1 aromatic heterocycles. The molecule has 0 N–H and O–H groups in total. The van der Waals surface area contributed by atoms with Gasteiger partial charge in [-0.2, -0.15) is 0 Å². The van der Waals surface area contributed by atoms with Gasteiger partial charge in [-0.05, 0) is 48.6 Å². The number of hydrogen-bond acceptors (Lipinski definition) is 2. The summed E-state index contributed by atoms with van der Waals surface area (Å²) in [6.45, 7) is 4.94. The van der Waals surface area contributed by atoms with Crippen LogP contribution in [0.5, 0.6) is 5.75 Å². The average molecular weight is 265 g/mol. The molecule has 20 heavy (non-hydrogen) atoms. The molecule has 1 aromatic carbocycles. The fourth-order valence-electron chi connectivity index (χ4n) is 1.72. The second kappa shape index (κ2) is 7.35. The summed E-state index contributed by atoms with van der Waals surface area (Å²) in [4.78, 5) is 4.28. The van der Waals surface area contributed by atoms with Gasteiger partial charge in [0.15, 0.2) is 0 Å². The van der Waals surface area contributed by atoms with Crippen LogP contribution in [0.2, 0.25) is 0 Å². The molecule has 0 spiro atoms. The van der Waals surface area contributed by atoms with Gasteiger partial charge in [0.1, 0.15) is 11.4 Å². The molecular formula is C18H19NO. The van der Waals surface area contributed by atoms with Crippen molar-refractivity contribution in [3.05, 3.63) is 59.4 Å². The molecule has 0 amide bonds. The zero-order valence-corrected chi connectivity index (χ0v) is 12.0. The van der Waals surface area contributed by atoms with Crippen molar-refractivity contribution in [2.24, 2.45) is 0 Å². The third-order valence-electron chi connectivity index (χ3n) is 2.91. The number of rotatable bonds is 4. The molecule has 0 aliphatic carbocycles. The Labute approximate surface area is 120 Å². The van der Waals surface area contributed by atoms with Crippen LogP contribution in [0.25, 0.3) is 0 Å². The van der Waals surface area contributed by atoms with Gasteiger partial charge in [0.05, 0.1) is 12.8 Å². The highest BCUT2D eigenvalue weighted by Crippen LogP contribution is 2.09. The van der Waals surface area contributed by atoms with E-state index in [0.717, 1.165) is 36.5 Å². The van der Waals surface area contributed by atoms with Gasteiger partial charge >= 0.3 is 0 Å². The monoisotopic (exact) mass is 265 g/mol. The van der Waals surface area contributed by atoms with Crippen molar-refractivity contribution >= 4 is 0 Å². The van der Waals surface area contributed by atoms with E-state index in [0.29, 0.717) is 0 Å². The number of ether oxygens (including phenoxy) is 1. The maximum Gasteiger partial charge on any atom is 0.137 e. The predicted octanol–water partition coefficient (Wildman–Crippen LogP) is 3.83. The third kappa shape index (κ3) is 4.13. The maximum atomic E-state index is 5.49. The molecule has 0 fully saturated rings. The van der Waals surface area contributed by atoms with Gasteiger partial charge in [0.2, 0.25) is 0 Å². The zero-order valence-electron chi connectivity index (χ0n) is 12.0. The Morgan fingerprint density at radius 3 is 2.40 bits per heavy atom. The first-order valence-electron chi connectivity index (χ1n) is 7.01. The quantitative estimate of drug-likeness (QED) is 0.784. The predicted molar refractivity (Wildman–Crippen MR) is 81.8 cm³/mol. The molecule has 0 saturated carbocycles. The van der Waals surface area contributed by atoms with Crippen molar-refractivity contribution in [2.75, 3.05) is 6.61 Å². The average Bonchev–Trinajstić information content (AvgIpc) is 2.52. The van der Waals surface area contributed by atoms with E-state index in [4.69, 9.17) is 4.74 Å². The number of pyridine rings is 1. The molecule has 0 unspecified atom stereocenters. The Bertz CT molecular complexity index is 588. The van der Waals surface area contributed by atoms with Crippen molar-refractivity contribution in [2.45, 2.75) is 26.7 Å². The van der Waals surface area contributed by atoms with Crippen LogP contribution in [0.3, 0.4) is 0 Å².